The Bertz CT molecular complexity index is 385. The summed E-state index contributed by atoms with van der Waals surface area (Å²) in [6, 6.07) is 7.41. The molecule has 0 aliphatic rings. The fourth-order valence-corrected chi connectivity index (χ4v) is 1.48. The van der Waals surface area contributed by atoms with Crippen molar-refractivity contribution < 1.29 is 9.47 Å². The minimum Gasteiger partial charge on any atom is -0.490 e. The molecule has 86 valence electrons. The number of hydrogen-bond acceptors (Lipinski definition) is 3. The fourth-order valence-electron chi connectivity index (χ4n) is 1.14. The highest BCUT2D eigenvalue weighted by atomic mass is 79.9. The summed E-state index contributed by atoms with van der Waals surface area (Å²) in [5.74, 6) is 0.587. The van der Waals surface area contributed by atoms with Gasteiger partial charge in [0.05, 0.1) is 18.3 Å². The first-order chi connectivity index (χ1) is 7.63. The van der Waals surface area contributed by atoms with Gasteiger partial charge in [0.15, 0.2) is 0 Å². The second-order valence-corrected chi connectivity index (χ2v) is 4.44. The van der Waals surface area contributed by atoms with E-state index in [4.69, 9.17) is 14.7 Å². The van der Waals surface area contributed by atoms with Gasteiger partial charge in [-0.25, -0.2) is 0 Å². The van der Waals surface area contributed by atoms with Gasteiger partial charge >= 0.3 is 0 Å². The minimum atomic E-state index is 0.196. The Morgan fingerprint density at radius 3 is 2.75 bits per heavy atom. The van der Waals surface area contributed by atoms with Crippen molar-refractivity contribution in [3.63, 3.8) is 0 Å². The molecule has 0 aliphatic heterocycles. The molecule has 0 heterocycles. The third kappa shape index (κ3) is 4.21. The van der Waals surface area contributed by atoms with Gasteiger partial charge in [-0.3, -0.25) is 0 Å². The minimum absolute atomic E-state index is 0.196. The molecule has 0 radical (unpaired) electrons. The number of nitrogens with zero attached hydrogens (tertiary/aromatic N) is 1. The van der Waals surface area contributed by atoms with E-state index in [1.165, 1.54) is 0 Å². The van der Waals surface area contributed by atoms with Crippen LogP contribution in [0.25, 0.3) is 0 Å². The first kappa shape index (κ1) is 13.0. The van der Waals surface area contributed by atoms with Crippen LogP contribution in [-0.2, 0) is 4.74 Å². The average Bonchev–Trinajstić information content (AvgIpc) is 2.24. The molecule has 3 nitrogen and oxygen atoms in total. The molecule has 1 aromatic carbocycles. The molecular weight excluding hydrogens is 270 g/mol. The van der Waals surface area contributed by atoms with Gasteiger partial charge in [-0.2, -0.15) is 5.26 Å². The van der Waals surface area contributed by atoms with E-state index < -0.39 is 0 Å². The highest BCUT2D eigenvalue weighted by Crippen LogP contribution is 2.22. The molecule has 16 heavy (non-hydrogen) atoms. The number of ether oxygens (including phenoxy) is 2. The van der Waals surface area contributed by atoms with Crippen molar-refractivity contribution in [3.8, 4) is 11.8 Å². The van der Waals surface area contributed by atoms with Gasteiger partial charge < -0.3 is 9.47 Å². The second-order valence-electron chi connectivity index (χ2n) is 3.52. The Labute approximate surface area is 104 Å². The van der Waals surface area contributed by atoms with Gasteiger partial charge in [-0.05, 0) is 32.0 Å². The predicted octanol–water partition coefficient (Wildman–Crippen LogP) is 3.12. The third-order valence-electron chi connectivity index (χ3n) is 1.86. The Hall–Kier alpha value is -1.05. The van der Waals surface area contributed by atoms with Crippen LogP contribution in [0.5, 0.6) is 5.75 Å². The van der Waals surface area contributed by atoms with Crippen LogP contribution in [0, 0.1) is 11.3 Å². The van der Waals surface area contributed by atoms with Gasteiger partial charge in [-0.15, -0.1) is 0 Å². The predicted molar refractivity (Wildman–Crippen MR) is 65.4 cm³/mol. The summed E-state index contributed by atoms with van der Waals surface area (Å²) >= 11 is 3.34. The smallest absolute Gasteiger partial charge is 0.138 e. The Morgan fingerprint density at radius 1 is 1.38 bits per heavy atom. The number of benzene rings is 1. The van der Waals surface area contributed by atoms with Crippen LogP contribution in [0.15, 0.2) is 22.7 Å². The van der Waals surface area contributed by atoms with Crippen molar-refractivity contribution in [2.75, 3.05) is 13.2 Å². The Morgan fingerprint density at radius 2 is 2.12 bits per heavy atom. The van der Waals surface area contributed by atoms with Crippen LogP contribution in [0.1, 0.15) is 19.4 Å². The summed E-state index contributed by atoms with van der Waals surface area (Å²) < 4.78 is 11.7. The summed E-state index contributed by atoms with van der Waals surface area (Å²) in [5.41, 5.74) is 0.535. The summed E-state index contributed by atoms with van der Waals surface area (Å²) in [4.78, 5) is 0. The quantitative estimate of drug-likeness (QED) is 0.780. The molecule has 0 aliphatic carbocycles. The average molecular weight is 284 g/mol. The van der Waals surface area contributed by atoms with E-state index in [1.807, 2.05) is 19.9 Å². The number of halogens is 1. The van der Waals surface area contributed by atoms with Gasteiger partial charge in [0.25, 0.3) is 0 Å². The molecule has 0 atom stereocenters. The maximum Gasteiger partial charge on any atom is 0.138 e. The topological polar surface area (TPSA) is 42.2 Å². The molecule has 1 rings (SSSR count). The van der Waals surface area contributed by atoms with Crippen molar-refractivity contribution in [1.82, 2.24) is 0 Å². The molecule has 1 aromatic rings. The van der Waals surface area contributed by atoms with E-state index in [0.717, 1.165) is 4.47 Å². The van der Waals surface area contributed by atoms with Gasteiger partial charge in [0, 0.05) is 4.47 Å². The lowest BCUT2D eigenvalue weighted by Gasteiger charge is -2.10. The standard InChI is InChI=1S/C12H14BrNO2/c1-9(2)15-5-6-16-12-7-11(13)4-3-10(12)8-14/h3-4,7,9H,5-6H2,1-2H3. The van der Waals surface area contributed by atoms with E-state index in [2.05, 4.69) is 22.0 Å². The summed E-state index contributed by atoms with van der Waals surface area (Å²) in [5, 5.41) is 8.88. The van der Waals surface area contributed by atoms with Crippen LogP contribution < -0.4 is 4.74 Å². The molecule has 0 spiro atoms. The summed E-state index contributed by atoms with van der Waals surface area (Å²) in [6.07, 6.45) is 0.196. The summed E-state index contributed by atoms with van der Waals surface area (Å²) in [7, 11) is 0. The maximum atomic E-state index is 8.88. The van der Waals surface area contributed by atoms with E-state index in [1.54, 1.807) is 12.1 Å². The molecular formula is C12H14BrNO2. The van der Waals surface area contributed by atoms with Gasteiger partial charge in [-0.1, -0.05) is 15.9 Å². The Balaban J connectivity index is 2.53. The Kier molecular flexibility index (Phi) is 5.30. The largest absolute Gasteiger partial charge is 0.490 e. The van der Waals surface area contributed by atoms with Crippen LogP contribution in [0.3, 0.4) is 0 Å². The second kappa shape index (κ2) is 6.51. The van der Waals surface area contributed by atoms with E-state index in [0.29, 0.717) is 24.5 Å². The SMILES string of the molecule is CC(C)OCCOc1cc(Br)ccc1C#N. The monoisotopic (exact) mass is 283 g/mol. The molecule has 0 amide bonds. The van der Waals surface area contributed by atoms with Crippen LogP contribution >= 0.6 is 15.9 Å². The van der Waals surface area contributed by atoms with Gasteiger partial charge in [0.2, 0.25) is 0 Å². The van der Waals surface area contributed by atoms with E-state index in [-0.39, 0.29) is 6.10 Å². The van der Waals surface area contributed by atoms with Crippen molar-refractivity contribution in [3.05, 3.63) is 28.2 Å². The first-order valence-electron chi connectivity index (χ1n) is 5.07. The highest BCUT2D eigenvalue weighted by molar-refractivity contribution is 9.10. The van der Waals surface area contributed by atoms with Crippen LogP contribution in [0.2, 0.25) is 0 Å². The number of rotatable bonds is 5. The maximum absolute atomic E-state index is 8.88. The van der Waals surface area contributed by atoms with Crippen molar-refractivity contribution >= 4 is 15.9 Å². The van der Waals surface area contributed by atoms with Crippen LogP contribution in [-0.4, -0.2) is 19.3 Å². The molecule has 0 aromatic heterocycles. The zero-order valence-electron chi connectivity index (χ0n) is 9.37. The van der Waals surface area contributed by atoms with E-state index in [9.17, 15) is 0 Å². The molecule has 0 N–H and O–H groups in total. The molecule has 4 heteroatoms. The van der Waals surface area contributed by atoms with Crippen molar-refractivity contribution in [1.29, 1.82) is 5.26 Å². The zero-order chi connectivity index (χ0) is 12.0. The third-order valence-corrected chi connectivity index (χ3v) is 2.35. The highest BCUT2D eigenvalue weighted by Gasteiger charge is 2.03. The van der Waals surface area contributed by atoms with Crippen molar-refractivity contribution in [2.45, 2.75) is 20.0 Å². The van der Waals surface area contributed by atoms with E-state index >= 15 is 0 Å². The molecule has 0 fully saturated rings. The summed E-state index contributed by atoms with van der Waals surface area (Å²) in [6.45, 7) is 4.91. The molecule has 0 unspecified atom stereocenters. The normalized spacial score (nSPS) is 10.2. The lowest BCUT2D eigenvalue weighted by atomic mass is 10.2. The zero-order valence-corrected chi connectivity index (χ0v) is 11.0. The molecule has 0 saturated carbocycles. The fraction of sp³-hybridized carbons (Fsp3) is 0.417. The lowest BCUT2D eigenvalue weighted by Crippen LogP contribution is -2.11. The van der Waals surface area contributed by atoms with Crippen molar-refractivity contribution in [2.24, 2.45) is 0 Å². The first-order valence-corrected chi connectivity index (χ1v) is 5.87. The molecule has 0 bridgehead atoms. The van der Waals surface area contributed by atoms with Gasteiger partial charge in [0.1, 0.15) is 18.4 Å². The number of hydrogen-bond donors (Lipinski definition) is 0. The molecule has 0 saturated heterocycles. The van der Waals surface area contributed by atoms with Crippen LogP contribution in [0.4, 0.5) is 0 Å². The lowest BCUT2D eigenvalue weighted by molar-refractivity contribution is 0.0552. The number of nitriles is 1.